The molecule has 2 amide bonds. The summed E-state index contributed by atoms with van der Waals surface area (Å²) in [5, 5.41) is 15.0. The summed E-state index contributed by atoms with van der Waals surface area (Å²) in [6, 6.07) is 6.41. The second-order valence-corrected chi connectivity index (χ2v) is 6.00. The second kappa shape index (κ2) is 5.73. The minimum atomic E-state index is -0.396. The van der Waals surface area contributed by atoms with E-state index in [2.05, 4.69) is 10.6 Å². The highest BCUT2D eigenvalue weighted by molar-refractivity contribution is 5.96. The molecule has 1 aliphatic rings. The van der Waals surface area contributed by atoms with Gasteiger partial charge in [-0.1, -0.05) is 13.8 Å². The number of aliphatic hydroxyl groups is 1. The van der Waals surface area contributed by atoms with Crippen LogP contribution in [0.2, 0.25) is 0 Å². The molecule has 114 valence electrons. The summed E-state index contributed by atoms with van der Waals surface area (Å²) in [6.07, 6.45) is 0.150. The van der Waals surface area contributed by atoms with Gasteiger partial charge < -0.3 is 21.5 Å². The molecule has 2 unspecified atom stereocenters. The smallest absolute Gasteiger partial charge is 0.251 e. The first-order valence-electron chi connectivity index (χ1n) is 6.92. The lowest BCUT2D eigenvalue weighted by Gasteiger charge is -2.49. The van der Waals surface area contributed by atoms with Crippen molar-refractivity contribution in [1.29, 1.82) is 0 Å². The summed E-state index contributed by atoms with van der Waals surface area (Å²) < 4.78 is 0. The summed E-state index contributed by atoms with van der Waals surface area (Å²) in [4.78, 5) is 23.6. The van der Waals surface area contributed by atoms with E-state index in [1.165, 1.54) is 0 Å². The molecule has 21 heavy (non-hydrogen) atoms. The van der Waals surface area contributed by atoms with Gasteiger partial charge in [0, 0.05) is 22.7 Å². The van der Waals surface area contributed by atoms with Crippen molar-refractivity contribution in [2.75, 3.05) is 12.3 Å². The van der Waals surface area contributed by atoms with Crippen molar-refractivity contribution in [3.63, 3.8) is 0 Å². The normalized spacial score (nSPS) is 23.0. The molecule has 6 nitrogen and oxygen atoms in total. The number of nitrogens with one attached hydrogen (secondary N) is 2. The van der Waals surface area contributed by atoms with Gasteiger partial charge in [0.05, 0.1) is 12.6 Å². The molecule has 0 radical (unpaired) electrons. The van der Waals surface area contributed by atoms with Gasteiger partial charge in [0.15, 0.2) is 0 Å². The van der Waals surface area contributed by atoms with Crippen molar-refractivity contribution in [2.45, 2.75) is 32.4 Å². The zero-order chi connectivity index (χ0) is 15.6. The summed E-state index contributed by atoms with van der Waals surface area (Å²) >= 11 is 0. The number of aliphatic hydroxyl groups excluding tert-OH is 1. The number of carbonyl (C=O) groups is 2. The standard InChI is InChI=1S/C15H21N3O3/c1-15(2)11(7-12(15)19)18-13(20)8-17-14(21)9-3-5-10(16)6-4-9/h3-6,11-12,19H,7-8,16H2,1-2H3,(H,17,21)(H,18,20). The van der Waals surface area contributed by atoms with Gasteiger partial charge in [-0.2, -0.15) is 0 Å². The number of rotatable bonds is 4. The van der Waals surface area contributed by atoms with Gasteiger partial charge in [0.25, 0.3) is 5.91 Å². The monoisotopic (exact) mass is 291 g/mol. The van der Waals surface area contributed by atoms with E-state index in [4.69, 9.17) is 5.73 Å². The zero-order valence-corrected chi connectivity index (χ0v) is 12.2. The summed E-state index contributed by atoms with van der Waals surface area (Å²) in [6.45, 7) is 3.71. The number of benzene rings is 1. The highest BCUT2D eigenvalue weighted by atomic mass is 16.3. The van der Waals surface area contributed by atoms with Crippen molar-refractivity contribution in [2.24, 2.45) is 5.41 Å². The van der Waals surface area contributed by atoms with Crippen LogP contribution in [0.3, 0.4) is 0 Å². The molecular weight excluding hydrogens is 270 g/mol. The van der Waals surface area contributed by atoms with Crippen molar-refractivity contribution in [3.8, 4) is 0 Å². The first kappa shape index (κ1) is 15.3. The number of hydrogen-bond donors (Lipinski definition) is 4. The molecule has 1 aromatic rings. The largest absolute Gasteiger partial charge is 0.399 e. The predicted octanol–water partition coefficient (Wildman–Crippen LogP) is 0.274. The van der Waals surface area contributed by atoms with Crippen LogP contribution >= 0.6 is 0 Å². The van der Waals surface area contributed by atoms with Crippen LogP contribution < -0.4 is 16.4 Å². The third-order valence-corrected chi connectivity index (χ3v) is 4.13. The Morgan fingerprint density at radius 2 is 1.95 bits per heavy atom. The summed E-state index contributed by atoms with van der Waals surface area (Å²) in [5.74, 6) is -0.582. The quantitative estimate of drug-likeness (QED) is 0.598. The zero-order valence-electron chi connectivity index (χ0n) is 12.2. The fourth-order valence-electron chi connectivity index (χ4n) is 2.29. The molecule has 1 aliphatic carbocycles. The van der Waals surface area contributed by atoms with Crippen LogP contribution in [0.4, 0.5) is 5.69 Å². The van der Waals surface area contributed by atoms with E-state index in [0.717, 1.165) is 0 Å². The first-order valence-corrected chi connectivity index (χ1v) is 6.92. The molecule has 0 saturated heterocycles. The highest BCUT2D eigenvalue weighted by Crippen LogP contribution is 2.40. The predicted molar refractivity (Wildman–Crippen MR) is 79.5 cm³/mol. The maximum absolute atomic E-state index is 11.8. The van der Waals surface area contributed by atoms with Crippen molar-refractivity contribution < 1.29 is 14.7 Å². The lowest BCUT2D eigenvalue weighted by molar-refractivity contribution is -0.128. The van der Waals surface area contributed by atoms with Crippen molar-refractivity contribution in [3.05, 3.63) is 29.8 Å². The fourth-order valence-corrected chi connectivity index (χ4v) is 2.29. The molecule has 2 rings (SSSR count). The van der Waals surface area contributed by atoms with Crippen LogP contribution in [0.1, 0.15) is 30.6 Å². The number of carbonyl (C=O) groups excluding carboxylic acids is 2. The Labute approximate surface area is 123 Å². The minimum Gasteiger partial charge on any atom is -0.399 e. The summed E-state index contributed by atoms with van der Waals surface area (Å²) in [5.41, 5.74) is 6.26. The van der Waals surface area contributed by atoms with Gasteiger partial charge in [-0.3, -0.25) is 9.59 Å². The lowest BCUT2D eigenvalue weighted by Crippen LogP contribution is -2.62. The molecule has 6 heteroatoms. The Balaban J connectivity index is 1.79. The van der Waals surface area contributed by atoms with Gasteiger partial charge in [0.2, 0.25) is 5.91 Å². The number of anilines is 1. The Morgan fingerprint density at radius 1 is 1.33 bits per heavy atom. The van der Waals surface area contributed by atoms with Crippen LogP contribution in [0, 0.1) is 5.41 Å². The molecule has 0 aromatic heterocycles. The van der Waals surface area contributed by atoms with Crippen LogP contribution in [-0.2, 0) is 4.79 Å². The Hall–Kier alpha value is -2.08. The highest BCUT2D eigenvalue weighted by Gasteiger charge is 2.47. The maximum atomic E-state index is 11.8. The molecule has 0 aliphatic heterocycles. The topological polar surface area (TPSA) is 104 Å². The lowest BCUT2D eigenvalue weighted by atomic mass is 9.64. The first-order chi connectivity index (χ1) is 9.80. The van der Waals surface area contributed by atoms with E-state index < -0.39 is 6.10 Å². The molecule has 2 atom stereocenters. The van der Waals surface area contributed by atoms with Gasteiger partial charge in [-0.15, -0.1) is 0 Å². The number of hydrogen-bond acceptors (Lipinski definition) is 4. The van der Waals surface area contributed by atoms with Crippen LogP contribution in [0.25, 0.3) is 0 Å². The van der Waals surface area contributed by atoms with E-state index in [0.29, 0.717) is 17.7 Å². The SMILES string of the molecule is CC1(C)C(O)CC1NC(=O)CNC(=O)c1ccc(N)cc1. The molecule has 1 saturated carbocycles. The van der Waals surface area contributed by atoms with E-state index in [1.54, 1.807) is 24.3 Å². The van der Waals surface area contributed by atoms with E-state index in [1.807, 2.05) is 13.8 Å². The molecule has 1 aromatic carbocycles. The van der Waals surface area contributed by atoms with E-state index in [9.17, 15) is 14.7 Å². The maximum Gasteiger partial charge on any atom is 0.251 e. The second-order valence-electron chi connectivity index (χ2n) is 6.00. The molecule has 1 fully saturated rings. The van der Waals surface area contributed by atoms with Gasteiger partial charge in [-0.05, 0) is 30.7 Å². The fraction of sp³-hybridized carbons (Fsp3) is 0.467. The molecule has 0 bridgehead atoms. The molecule has 5 N–H and O–H groups in total. The number of nitrogen functional groups attached to an aromatic ring is 1. The molecule has 0 spiro atoms. The number of amides is 2. The van der Waals surface area contributed by atoms with E-state index >= 15 is 0 Å². The Bertz CT molecular complexity index is 540. The van der Waals surface area contributed by atoms with E-state index in [-0.39, 0.29) is 29.8 Å². The average Bonchev–Trinajstić information content (AvgIpc) is 2.45. The third-order valence-electron chi connectivity index (χ3n) is 4.13. The number of nitrogens with two attached hydrogens (primary N) is 1. The van der Waals surface area contributed by atoms with Gasteiger partial charge in [0.1, 0.15) is 0 Å². The van der Waals surface area contributed by atoms with Crippen LogP contribution in [-0.4, -0.2) is 35.6 Å². The minimum absolute atomic E-state index is 0.0616. The third kappa shape index (κ3) is 3.33. The Kier molecular flexibility index (Phi) is 4.18. The van der Waals surface area contributed by atoms with Gasteiger partial charge >= 0.3 is 0 Å². The average molecular weight is 291 g/mol. The summed E-state index contributed by atoms with van der Waals surface area (Å²) in [7, 11) is 0. The van der Waals surface area contributed by atoms with Crippen molar-refractivity contribution in [1.82, 2.24) is 10.6 Å². The van der Waals surface area contributed by atoms with Crippen molar-refractivity contribution >= 4 is 17.5 Å². The molecule has 0 heterocycles. The van der Waals surface area contributed by atoms with Gasteiger partial charge in [-0.25, -0.2) is 0 Å². The molecular formula is C15H21N3O3. The van der Waals surface area contributed by atoms with Crippen LogP contribution in [0.5, 0.6) is 0 Å². The Morgan fingerprint density at radius 3 is 2.48 bits per heavy atom. The van der Waals surface area contributed by atoms with Crippen LogP contribution in [0.15, 0.2) is 24.3 Å².